The summed E-state index contributed by atoms with van der Waals surface area (Å²) in [5, 5.41) is 1.16. The summed E-state index contributed by atoms with van der Waals surface area (Å²) in [4.78, 5) is 4.63. The number of rotatable bonds is 3. The van der Waals surface area contributed by atoms with E-state index in [-0.39, 0.29) is 0 Å². The van der Waals surface area contributed by atoms with Crippen molar-refractivity contribution in [3.8, 4) is 11.1 Å². The Balaban J connectivity index is 2.00. The number of nitrogen functional groups attached to an aromatic ring is 1. The van der Waals surface area contributed by atoms with Gasteiger partial charge in [0.2, 0.25) is 0 Å². The first kappa shape index (κ1) is 14.5. The second-order valence-electron chi connectivity index (χ2n) is 5.90. The van der Waals surface area contributed by atoms with Crippen molar-refractivity contribution in [2.45, 2.75) is 6.42 Å². The predicted octanol–water partition coefficient (Wildman–Crippen LogP) is 5.07. The third-order valence-corrected chi connectivity index (χ3v) is 4.31. The maximum absolute atomic E-state index is 6.36. The highest BCUT2D eigenvalue weighted by molar-refractivity contribution is 5.93. The first-order valence-corrected chi connectivity index (χ1v) is 8.09. The van der Waals surface area contributed by atoms with E-state index in [1.165, 1.54) is 11.1 Å². The SMILES string of the molecule is Nc1nc2ccccc2c(Cc2ccccc2)c1-c1ccccc1. The van der Waals surface area contributed by atoms with Crippen LogP contribution in [0.3, 0.4) is 0 Å². The van der Waals surface area contributed by atoms with Crippen molar-refractivity contribution >= 4 is 16.7 Å². The number of hydrogen-bond donors (Lipinski definition) is 1. The summed E-state index contributed by atoms with van der Waals surface area (Å²) in [5.74, 6) is 0.589. The zero-order valence-electron chi connectivity index (χ0n) is 13.3. The van der Waals surface area contributed by atoms with Crippen LogP contribution in [-0.4, -0.2) is 4.98 Å². The maximum atomic E-state index is 6.36. The summed E-state index contributed by atoms with van der Waals surface area (Å²) >= 11 is 0. The van der Waals surface area contributed by atoms with Crippen molar-refractivity contribution in [3.63, 3.8) is 0 Å². The highest BCUT2D eigenvalue weighted by Gasteiger charge is 2.15. The molecule has 1 heterocycles. The fraction of sp³-hybridized carbons (Fsp3) is 0.0455. The molecule has 1 aromatic heterocycles. The van der Waals surface area contributed by atoms with Gasteiger partial charge in [-0.15, -0.1) is 0 Å². The molecule has 0 aliphatic rings. The normalized spacial score (nSPS) is 10.8. The molecule has 0 aliphatic carbocycles. The van der Waals surface area contributed by atoms with Crippen LogP contribution in [-0.2, 0) is 6.42 Å². The number of pyridine rings is 1. The lowest BCUT2D eigenvalue weighted by Crippen LogP contribution is -2.02. The van der Waals surface area contributed by atoms with Crippen molar-refractivity contribution in [2.75, 3.05) is 5.73 Å². The quantitative estimate of drug-likeness (QED) is 0.573. The molecule has 2 nitrogen and oxygen atoms in total. The summed E-state index contributed by atoms with van der Waals surface area (Å²) in [5.41, 5.74) is 12.0. The fourth-order valence-corrected chi connectivity index (χ4v) is 3.21. The van der Waals surface area contributed by atoms with Crippen LogP contribution < -0.4 is 5.73 Å². The lowest BCUT2D eigenvalue weighted by molar-refractivity contribution is 1.20. The van der Waals surface area contributed by atoms with Gasteiger partial charge < -0.3 is 5.73 Å². The molecule has 4 rings (SSSR count). The zero-order valence-corrected chi connectivity index (χ0v) is 13.3. The molecule has 0 saturated carbocycles. The van der Waals surface area contributed by atoms with Crippen molar-refractivity contribution in [1.82, 2.24) is 4.98 Å². The van der Waals surface area contributed by atoms with Crippen molar-refractivity contribution in [2.24, 2.45) is 0 Å². The van der Waals surface area contributed by atoms with Gasteiger partial charge in [0, 0.05) is 10.9 Å². The van der Waals surface area contributed by atoms with Crippen LogP contribution in [0.4, 0.5) is 5.82 Å². The smallest absolute Gasteiger partial charge is 0.132 e. The van der Waals surface area contributed by atoms with E-state index in [0.29, 0.717) is 5.82 Å². The molecule has 0 atom stereocenters. The summed E-state index contributed by atoms with van der Waals surface area (Å²) in [6.45, 7) is 0. The Morgan fingerprint density at radius 3 is 2.08 bits per heavy atom. The van der Waals surface area contributed by atoms with Crippen LogP contribution in [0, 0.1) is 0 Å². The van der Waals surface area contributed by atoms with Gasteiger partial charge in [0.1, 0.15) is 5.82 Å². The van der Waals surface area contributed by atoms with Gasteiger partial charge in [-0.2, -0.15) is 0 Å². The molecule has 0 aliphatic heterocycles. The number of aromatic nitrogens is 1. The molecule has 0 spiro atoms. The van der Waals surface area contributed by atoms with E-state index >= 15 is 0 Å². The minimum absolute atomic E-state index is 0.589. The molecule has 0 saturated heterocycles. The van der Waals surface area contributed by atoms with Crippen LogP contribution in [0.2, 0.25) is 0 Å². The van der Waals surface area contributed by atoms with Crippen molar-refractivity contribution in [3.05, 3.63) is 96.1 Å². The first-order valence-electron chi connectivity index (χ1n) is 8.09. The highest BCUT2D eigenvalue weighted by Crippen LogP contribution is 2.35. The molecule has 2 N–H and O–H groups in total. The molecule has 0 radical (unpaired) electrons. The maximum Gasteiger partial charge on any atom is 0.132 e. The minimum Gasteiger partial charge on any atom is -0.383 e. The molecular weight excluding hydrogens is 292 g/mol. The van der Waals surface area contributed by atoms with Gasteiger partial charge in [-0.25, -0.2) is 4.98 Å². The Morgan fingerprint density at radius 2 is 1.33 bits per heavy atom. The number of benzene rings is 3. The topological polar surface area (TPSA) is 38.9 Å². The van der Waals surface area contributed by atoms with E-state index in [1.807, 2.05) is 36.4 Å². The van der Waals surface area contributed by atoms with Gasteiger partial charge in [0.05, 0.1) is 5.52 Å². The molecule has 0 unspecified atom stereocenters. The molecule has 0 fully saturated rings. The van der Waals surface area contributed by atoms with Crippen molar-refractivity contribution < 1.29 is 0 Å². The van der Waals surface area contributed by atoms with Gasteiger partial charge in [-0.3, -0.25) is 0 Å². The number of nitrogens with two attached hydrogens (primary N) is 1. The zero-order chi connectivity index (χ0) is 16.4. The molecule has 2 heteroatoms. The van der Waals surface area contributed by atoms with E-state index in [2.05, 4.69) is 53.5 Å². The van der Waals surface area contributed by atoms with Crippen LogP contribution in [0.5, 0.6) is 0 Å². The van der Waals surface area contributed by atoms with E-state index < -0.39 is 0 Å². The van der Waals surface area contributed by atoms with E-state index in [0.717, 1.165) is 28.5 Å². The monoisotopic (exact) mass is 310 g/mol. The number of hydrogen-bond acceptors (Lipinski definition) is 2. The Hall–Kier alpha value is -3.13. The molecule has 0 amide bonds. The summed E-state index contributed by atoms with van der Waals surface area (Å²) < 4.78 is 0. The van der Waals surface area contributed by atoms with Crippen LogP contribution in [0.1, 0.15) is 11.1 Å². The van der Waals surface area contributed by atoms with Gasteiger partial charge in [0.15, 0.2) is 0 Å². The van der Waals surface area contributed by atoms with Gasteiger partial charge >= 0.3 is 0 Å². The average Bonchev–Trinajstić information content (AvgIpc) is 2.63. The van der Waals surface area contributed by atoms with E-state index in [9.17, 15) is 0 Å². The summed E-state index contributed by atoms with van der Waals surface area (Å²) in [6.07, 6.45) is 0.832. The Morgan fingerprint density at radius 1 is 0.708 bits per heavy atom. The third-order valence-electron chi connectivity index (χ3n) is 4.31. The Kier molecular flexibility index (Phi) is 3.72. The second kappa shape index (κ2) is 6.17. The predicted molar refractivity (Wildman–Crippen MR) is 101 cm³/mol. The summed E-state index contributed by atoms with van der Waals surface area (Å²) in [6, 6.07) is 29.0. The molecule has 4 aromatic rings. The lowest BCUT2D eigenvalue weighted by atomic mass is 9.92. The lowest BCUT2D eigenvalue weighted by Gasteiger charge is -2.16. The van der Waals surface area contributed by atoms with E-state index in [1.54, 1.807) is 0 Å². The number of fused-ring (bicyclic) bond motifs is 1. The second-order valence-corrected chi connectivity index (χ2v) is 5.90. The average molecular weight is 310 g/mol. The van der Waals surface area contributed by atoms with Crippen LogP contribution in [0.25, 0.3) is 22.0 Å². The fourth-order valence-electron chi connectivity index (χ4n) is 3.21. The van der Waals surface area contributed by atoms with Gasteiger partial charge in [-0.1, -0.05) is 78.9 Å². The summed E-state index contributed by atoms with van der Waals surface area (Å²) in [7, 11) is 0. The Bertz CT molecular complexity index is 977. The molecule has 116 valence electrons. The standard InChI is InChI=1S/C22H18N2/c23-22-21(17-11-5-2-6-12-17)19(15-16-9-3-1-4-10-16)18-13-7-8-14-20(18)24-22/h1-14H,15H2,(H2,23,24). The van der Waals surface area contributed by atoms with Crippen LogP contribution in [0.15, 0.2) is 84.9 Å². The van der Waals surface area contributed by atoms with E-state index in [4.69, 9.17) is 5.73 Å². The first-order chi connectivity index (χ1) is 11.8. The molecule has 24 heavy (non-hydrogen) atoms. The number of nitrogens with zero attached hydrogens (tertiary/aromatic N) is 1. The molecule has 0 bridgehead atoms. The molecule has 3 aromatic carbocycles. The highest BCUT2D eigenvalue weighted by atomic mass is 14.8. The van der Waals surface area contributed by atoms with Gasteiger partial charge in [0.25, 0.3) is 0 Å². The van der Waals surface area contributed by atoms with Crippen molar-refractivity contribution in [1.29, 1.82) is 0 Å². The molecular formula is C22H18N2. The largest absolute Gasteiger partial charge is 0.383 e. The van der Waals surface area contributed by atoms with Crippen LogP contribution >= 0.6 is 0 Å². The minimum atomic E-state index is 0.589. The van der Waals surface area contributed by atoms with Gasteiger partial charge in [-0.05, 0) is 29.2 Å². The third kappa shape index (κ3) is 2.63. The number of anilines is 1. The Labute approximate surface area is 141 Å². The number of para-hydroxylation sites is 1.